The van der Waals surface area contributed by atoms with Gasteiger partial charge in [0, 0.05) is 29.0 Å². The van der Waals surface area contributed by atoms with E-state index < -0.39 is 0 Å². The van der Waals surface area contributed by atoms with Crippen LogP contribution in [0.25, 0.3) is 0 Å². The molecule has 0 spiro atoms. The highest BCUT2D eigenvalue weighted by Gasteiger charge is 2.36. The fourth-order valence-corrected chi connectivity index (χ4v) is 3.34. The Morgan fingerprint density at radius 2 is 1.71 bits per heavy atom. The van der Waals surface area contributed by atoms with E-state index in [1.807, 2.05) is 0 Å². The van der Waals surface area contributed by atoms with Crippen molar-refractivity contribution in [2.45, 2.75) is 77.4 Å². The summed E-state index contributed by atoms with van der Waals surface area (Å²) < 4.78 is 2.10. The minimum Gasteiger partial charge on any atom is -0.633 e. The first kappa shape index (κ1) is 15.4. The van der Waals surface area contributed by atoms with Crippen LogP contribution in [-0.2, 0) is 0 Å². The lowest BCUT2D eigenvalue weighted by Crippen LogP contribution is -3.13. The molecule has 17 heavy (non-hydrogen) atoms. The molecule has 0 aliphatic carbocycles. The maximum absolute atomic E-state index is 12.2. The molecule has 0 amide bonds. The predicted octanol–water partition coefficient (Wildman–Crippen LogP) is 2.85. The summed E-state index contributed by atoms with van der Waals surface area (Å²) in [5.74, 6) is 0. The van der Waals surface area contributed by atoms with E-state index in [9.17, 15) is 5.21 Å². The van der Waals surface area contributed by atoms with E-state index in [-0.39, 0.29) is 12.2 Å². The zero-order valence-corrected chi connectivity index (χ0v) is 12.8. The molecule has 4 heteroatoms. The van der Waals surface area contributed by atoms with Gasteiger partial charge in [0.05, 0.1) is 6.54 Å². The molecule has 3 nitrogen and oxygen atoms in total. The zero-order valence-electron chi connectivity index (χ0n) is 11.3. The molecule has 1 fully saturated rings. The minimum absolute atomic E-state index is 0.146. The van der Waals surface area contributed by atoms with Crippen LogP contribution in [0.15, 0.2) is 0 Å². The van der Waals surface area contributed by atoms with Gasteiger partial charge >= 0.3 is 0 Å². The largest absolute Gasteiger partial charge is 0.633 e. The Bertz CT molecular complexity index is 204. The van der Waals surface area contributed by atoms with Crippen molar-refractivity contribution in [3.63, 3.8) is 0 Å². The highest BCUT2D eigenvalue weighted by atomic mass is 79.9. The van der Waals surface area contributed by atoms with E-state index in [0.29, 0.717) is 5.06 Å². The SMILES string of the molecule is CCCCCC1CN(Br)C(CCCCC)[NH+]1[O-]. The highest BCUT2D eigenvalue weighted by molar-refractivity contribution is 9.07. The standard InChI is InChI=1S/C13H27BrN2O/c1-3-5-7-9-12-11-15(14)13(16(12)17)10-8-6-4-2/h12-13,16H,3-11H2,1-2H3. The van der Waals surface area contributed by atoms with Crippen LogP contribution in [0.2, 0.25) is 0 Å². The molecule has 1 saturated heterocycles. The average Bonchev–Trinajstić information content (AvgIpc) is 2.57. The van der Waals surface area contributed by atoms with E-state index in [2.05, 4.69) is 33.9 Å². The number of nitrogens with one attached hydrogen (secondary N) is 1. The van der Waals surface area contributed by atoms with Crippen LogP contribution in [0.5, 0.6) is 0 Å². The Kier molecular flexibility index (Phi) is 7.67. The number of quaternary nitrogens is 1. The predicted molar refractivity (Wildman–Crippen MR) is 75.8 cm³/mol. The molecular formula is C13H27BrN2O. The lowest BCUT2D eigenvalue weighted by molar-refractivity contribution is -0.891. The van der Waals surface area contributed by atoms with E-state index in [0.717, 1.165) is 19.4 Å². The quantitative estimate of drug-likeness (QED) is 0.425. The van der Waals surface area contributed by atoms with Crippen molar-refractivity contribution in [1.82, 2.24) is 3.93 Å². The minimum atomic E-state index is 0.146. The molecule has 0 radical (unpaired) electrons. The van der Waals surface area contributed by atoms with Crippen molar-refractivity contribution in [3.8, 4) is 0 Å². The van der Waals surface area contributed by atoms with Gasteiger partial charge in [-0.15, -0.1) is 0 Å². The highest BCUT2D eigenvalue weighted by Crippen LogP contribution is 2.17. The number of halogens is 1. The normalized spacial score (nSPS) is 30.0. The van der Waals surface area contributed by atoms with Crippen molar-refractivity contribution in [2.75, 3.05) is 6.54 Å². The Labute approximate surface area is 114 Å². The van der Waals surface area contributed by atoms with Crippen LogP contribution in [0, 0.1) is 5.21 Å². The summed E-state index contributed by atoms with van der Waals surface area (Å²) in [7, 11) is 0. The summed E-state index contributed by atoms with van der Waals surface area (Å²) in [5, 5.41) is 12.7. The Morgan fingerprint density at radius 1 is 1.12 bits per heavy atom. The van der Waals surface area contributed by atoms with Crippen LogP contribution < -0.4 is 5.06 Å². The Hall–Kier alpha value is 0.360. The number of rotatable bonds is 8. The smallest absolute Gasteiger partial charge is 0.153 e. The van der Waals surface area contributed by atoms with Crippen LogP contribution in [0.1, 0.15) is 65.2 Å². The summed E-state index contributed by atoms with van der Waals surface area (Å²) in [6.45, 7) is 5.33. The van der Waals surface area contributed by atoms with Gasteiger partial charge in [-0.05, 0) is 12.8 Å². The zero-order chi connectivity index (χ0) is 12.7. The first-order valence-electron chi connectivity index (χ1n) is 7.16. The summed E-state index contributed by atoms with van der Waals surface area (Å²) in [6.07, 6.45) is 9.60. The third-order valence-corrected chi connectivity index (χ3v) is 4.48. The van der Waals surface area contributed by atoms with Crippen molar-refractivity contribution in [1.29, 1.82) is 0 Å². The lowest BCUT2D eigenvalue weighted by Gasteiger charge is -2.30. The fraction of sp³-hybridized carbons (Fsp3) is 1.00. The monoisotopic (exact) mass is 306 g/mol. The topological polar surface area (TPSA) is 30.7 Å². The second kappa shape index (κ2) is 8.46. The molecule has 0 bridgehead atoms. The molecule has 0 aromatic rings. The van der Waals surface area contributed by atoms with Gasteiger partial charge in [0.25, 0.3) is 0 Å². The summed E-state index contributed by atoms with van der Waals surface area (Å²) >= 11 is 3.56. The lowest BCUT2D eigenvalue weighted by atomic mass is 10.1. The van der Waals surface area contributed by atoms with Crippen molar-refractivity contribution >= 4 is 16.1 Å². The van der Waals surface area contributed by atoms with Gasteiger partial charge in [-0.2, -0.15) is 3.93 Å². The number of hydroxylamine groups is 2. The van der Waals surface area contributed by atoms with Gasteiger partial charge < -0.3 is 10.3 Å². The van der Waals surface area contributed by atoms with E-state index in [1.54, 1.807) is 0 Å². The van der Waals surface area contributed by atoms with Crippen molar-refractivity contribution in [3.05, 3.63) is 5.21 Å². The van der Waals surface area contributed by atoms with Gasteiger partial charge in [0.2, 0.25) is 0 Å². The fourth-order valence-electron chi connectivity index (χ4n) is 2.58. The molecule has 3 unspecified atom stereocenters. The second-order valence-electron chi connectivity index (χ2n) is 5.19. The van der Waals surface area contributed by atoms with Crippen molar-refractivity contribution in [2.24, 2.45) is 0 Å². The Balaban J connectivity index is 2.30. The summed E-state index contributed by atoms with van der Waals surface area (Å²) in [5.41, 5.74) is 0. The molecule has 1 aliphatic heterocycles. The van der Waals surface area contributed by atoms with Gasteiger partial charge in [0.1, 0.15) is 6.04 Å². The van der Waals surface area contributed by atoms with Crippen LogP contribution in [-0.4, -0.2) is 22.7 Å². The molecular weight excluding hydrogens is 280 g/mol. The number of nitrogens with zero attached hydrogens (tertiary/aromatic N) is 1. The van der Waals surface area contributed by atoms with E-state index >= 15 is 0 Å². The molecule has 1 aliphatic rings. The second-order valence-corrected chi connectivity index (χ2v) is 6.10. The van der Waals surface area contributed by atoms with Gasteiger partial charge in [-0.25, -0.2) is 0 Å². The van der Waals surface area contributed by atoms with Crippen LogP contribution in [0.4, 0.5) is 0 Å². The summed E-state index contributed by atoms with van der Waals surface area (Å²) in [4.78, 5) is 0. The van der Waals surface area contributed by atoms with Crippen molar-refractivity contribution < 1.29 is 5.06 Å². The van der Waals surface area contributed by atoms with Gasteiger partial charge in [0.15, 0.2) is 6.17 Å². The number of hydrogen-bond acceptors (Lipinski definition) is 2. The van der Waals surface area contributed by atoms with Crippen LogP contribution >= 0.6 is 16.1 Å². The summed E-state index contributed by atoms with van der Waals surface area (Å²) in [6, 6.07) is 0.285. The number of unbranched alkanes of at least 4 members (excludes halogenated alkanes) is 4. The molecule has 3 atom stereocenters. The molecule has 0 aromatic heterocycles. The third kappa shape index (κ3) is 4.86. The van der Waals surface area contributed by atoms with E-state index in [1.165, 1.54) is 38.5 Å². The molecule has 0 aromatic carbocycles. The Morgan fingerprint density at radius 3 is 2.29 bits per heavy atom. The first-order chi connectivity index (χ1) is 8.20. The molecule has 1 heterocycles. The maximum atomic E-state index is 12.2. The van der Waals surface area contributed by atoms with Gasteiger partial charge in [-0.1, -0.05) is 39.5 Å². The van der Waals surface area contributed by atoms with Gasteiger partial charge in [-0.3, -0.25) is 0 Å². The average molecular weight is 307 g/mol. The molecule has 102 valence electrons. The van der Waals surface area contributed by atoms with E-state index in [4.69, 9.17) is 0 Å². The maximum Gasteiger partial charge on any atom is 0.153 e. The number of hydrogen-bond donors (Lipinski definition) is 1. The first-order valence-corrected chi connectivity index (χ1v) is 7.87. The molecule has 1 rings (SSSR count). The molecule has 1 N–H and O–H groups in total. The third-order valence-electron chi connectivity index (χ3n) is 3.70. The molecule has 0 saturated carbocycles. The van der Waals surface area contributed by atoms with Crippen LogP contribution in [0.3, 0.4) is 0 Å².